The molecule has 3 rings (SSSR count). The monoisotopic (exact) mass is 371 g/mol. The summed E-state index contributed by atoms with van der Waals surface area (Å²) in [6.07, 6.45) is 0.846. The second-order valence-corrected chi connectivity index (χ2v) is 6.21. The summed E-state index contributed by atoms with van der Waals surface area (Å²) < 4.78 is 11.4. The molecule has 1 aliphatic rings. The summed E-state index contributed by atoms with van der Waals surface area (Å²) in [5.74, 6) is 0.786. The normalized spacial score (nSPS) is 14.9. The van der Waals surface area contributed by atoms with Crippen LogP contribution in [-0.4, -0.2) is 30.6 Å². The second kappa shape index (κ2) is 7.53. The van der Waals surface area contributed by atoms with E-state index >= 15 is 0 Å². The van der Waals surface area contributed by atoms with E-state index in [2.05, 4.69) is 10.6 Å². The zero-order chi connectivity index (χ0) is 19.6. The lowest BCUT2D eigenvalue weighted by Gasteiger charge is -2.14. The highest BCUT2D eigenvalue weighted by molar-refractivity contribution is 6.06. The van der Waals surface area contributed by atoms with Crippen LogP contribution in [0.3, 0.4) is 0 Å². The molecule has 1 atom stereocenters. The van der Waals surface area contributed by atoms with E-state index in [9.17, 15) is 14.9 Å². The molecular formula is C19H21N3O5. The number of nitro benzene ring substituents is 1. The van der Waals surface area contributed by atoms with E-state index in [1.807, 2.05) is 19.9 Å². The lowest BCUT2D eigenvalue weighted by Crippen LogP contribution is -2.14. The summed E-state index contributed by atoms with van der Waals surface area (Å²) in [5, 5.41) is 16.7. The number of fused-ring (bicyclic) bond motifs is 1. The van der Waals surface area contributed by atoms with Crippen LogP contribution >= 0.6 is 0 Å². The number of nitro groups is 1. The minimum atomic E-state index is -0.529. The van der Waals surface area contributed by atoms with Crippen molar-refractivity contribution in [1.29, 1.82) is 0 Å². The molecule has 2 aromatic carbocycles. The Morgan fingerprint density at radius 2 is 2.11 bits per heavy atom. The molecule has 8 heteroatoms. The predicted molar refractivity (Wildman–Crippen MR) is 102 cm³/mol. The zero-order valence-electron chi connectivity index (χ0n) is 15.4. The average Bonchev–Trinajstić information content (AvgIpc) is 3.00. The third-order valence-corrected chi connectivity index (χ3v) is 4.27. The Bertz CT molecular complexity index is 897. The summed E-state index contributed by atoms with van der Waals surface area (Å²) in [6.45, 7) is 4.28. The number of amides is 1. The van der Waals surface area contributed by atoms with Crippen molar-refractivity contribution in [3.8, 4) is 11.5 Å². The van der Waals surface area contributed by atoms with Gasteiger partial charge in [-0.1, -0.05) is 0 Å². The lowest BCUT2D eigenvalue weighted by atomic mass is 10.1. The molecule has 0 aliphatic carbocycles. The average molecular weight is 371 g/mol. The SMILES string of the molecule is CCOc1cc2c(cc1NC(=O)c1ccc(NC)c([N+](=O)[O-])c1)OC(C)C2. The van der Waals surface area contributed by atoms with Gasteiger partial charge in [-0.25, -0.2) is 0 Å². The molecule has 2 N–H and O–H groups in total. The maximum atomic E-state index is 12.7. The molecule has 2 aromatic rings. The summed E-state index contributed by atoms with van der Waals surface area (Å²) in [4.78, 5) is 23.3. The molecule has 0 fully saturated rings. The molecule has 1 amide bonds. The largest absolute Gasteiger partial charge is 0.492 e. The topological polar surface area (TPSA) is 103 Å². The molecule has 0 saturated carbocycles. The standard InChI is InChI=1S/C19H21N3O5/c1-4-26-18-9-13-7-11(2)27-17(13)10-15(18)21-19(23)12-5-6-14(20-3)16(8-12)22(24)25/h5-6,8-11,20H,4,7H2,1-3H3,(H,21,23). The summed E-state index contributed by atoms with van der Waals surface area (Å²) in [7, 11) is 1.59. The van der Waals surface area contributed by atoms with Gasteiger partial charge in [-0.3, -0.25) is 14.9 Å². The van der Waals surface area contributed by atoms with Crippen molar-refractivity contribution in [2.24, 2.45) is 0 Å². The van der Waals surface area contributed by atoms with Crippen LogP contribution < -0.4 is 20.1 Å². The third kappa shape index (κ3) is 3.79. The van der Waals surface area contributed by atoms with Crippen LogP contribution in [0, 0.1) is 10.1 Å². The van der Waals surface area contributed by atoms with Gasteiger partial charge in [0.1, 0.15) is 23.3 Å². The van der Waals surface area contributed by atoms with Gasteiger partial charge in [-0.05, 0) is 32.0 Å². The molecule has 1 aliphatic heterocycles. The molecule has 0 radical (unpaired) electrons. The molecule has 1 heterocycles. The number of carbonyl (C=O) groups is 1. The van der Waals surface area contributed by atoms with Gasteiger partial charge in [0, 0.05) is 36.7 Å². The van der Waals surface area contributed by atoms with E-state index in [0.29, 0.717) is 29.5 Å². The van der Waals surface area contributed by atoms with Gasteiger partial charge < -0.3 is 20.1 Å². The molecule has 0 bridgehead atoms. The van der Waals surface area contributed by atoms with Gasteiger partial charge >= 0.3 is 0 Å². The molecule has 8 nitrogen and oxygen atoms in total. The number of benzene rings is 2. The second-order valence-electron chi connectivity index (χ2n) is 6.21. The minimum Gasteiger partial charge on any atom is -0.492 e. The van der Waals surface area contributed by atoms with Crippen molar-refractivity contribution in [1.82, 2.24) is 0 Å². The van der Waals surface area contributed by atoms with E-state index in [4.69, 9.17) is 9.47 Å². The Balaban J connectivity index is 1.91. The Labute approximate surface area is 156 Å². The highest BCUT2D eigenvalue weighted by atomic mass is 16.6. The van der Waals surface area contributed by atoms with Crippen molar-refractivity contribution in [2.45, 2.75) is 26.4 Å². The Hall–Kier alpha value is -3.29. The van der Waals surface area contributed by atoms with Crippen LogP contribution in [0.1, 0.15) is 29.8 Å². The van der Waals surface area contributed by atoms with E-state index in [1.165, 1.54) is 18.2 Å². The van der Waals surface area contributed by atoms with E-state index in [0.717, 1.165) is 12.0 Å². The highest BCUT2D eigenvalue weighted by Gasteiger charge is 2.23. The molecule has 0 saturated heterocycles. The molecular weight excluding hydrogens is 350 g/mol. The van der Waals surface area contributed by atoms with Crippen LogP contribution in [0.25, 0.3) is 0 Å². The summed E-state index contributed by atoms with van der Waals surface area (Å²) >= 11 is 0. The van der Waals surface area contributed by atoms with Gasteiger partial charge in [0.25, 0.3) is 11.6 Å². The van der Waals surface area contributed by atoms with Crippen molar-refractivity contribution < 1.29 is 19.2 Å². The molecule has 1 unspecified atom stereocenters. The van der Waals surface area contributed by atoms with Crippen LogP contribution in [-0.2, 0) is 6.42 Å². The van der Waals surface area contributed by atoms with Crippen molar-refractivity contribution in [3.05, 3.63) is 51.6 Å². The van der Waals surface area contributed by atoms with Crippen LogP contribution in [0.4, 0.5) is 17.1 Å². The van der Waals surface area contributed by atoms with Gasteiger partial charge in [0.15, 0.2) is 0 Å². The van der Waals surface area contributed by atoms with E-state index in [-0.39, 0.29) is 17.4 Å². The third-order valence-electron chi connectivity index (χ3n) is 4.27. The number of rotatable bonds is 6. The van der Waals surface area contributed by atoms with E-state index in [1.54, 1.807) is 13.1 Å². The van der Waals surface area contributed by atoms with Crippen LogP contribution in [0.2, 0.25) is 0 Å². The quantitative estimate of drug-likeness (QED) is 0.594. The number of anilines is 2. The highest BCUT2D eigenvalue weighted by Crippen LogP contribution is 2.38. The number of carbonyl (C=O) groups excluding carboxylic acids is 1. The Morgan fingerprint density at radius 3 is 2.78 bits per heavy atom. The first-order chi connectivity index (χ1) is 12.9. The molecule has 27 heavy (non-hydrogen) atoms. The minimum absolute atomic E-state index is 0.0668. The van der Waals surface area contributed by atoms with Gasteiger partial charge in [-0.15, -0.1) is 0 Å². The van der Waals surface area contributed by atoms with Crippen LogP contribution in [0.5, 0.6) is 11.5 Å². The fourth-order valence-corrected chi connectivity index (χ4v) is 3.04. The van der Waals surface area contributed by atoms with Gasteiger partial charge in [-0.2, -0.15) is 0 Å². The number of hydrogen-bond donors (Lipinski definition) is 2. The fourth-order valence-electron chi connectivity index (χ4n) is 3.04. The first kappa shape index (κ1) is 18.5. The molecule has 0 aromatic heterocycles. The summed E-state index contributed by atoms with van der Waals surface area (Å²) in [5.41, 5.74) is 1.85. The number of hydrogen-bond acceptors (Lipinski definition) is 6. The maximum Gasteiger partial charge on any atom is 0.293 e. The summed E-state index contributed by atoms with van der Waals surface area (Å²) in [6, 6.07) is 7.88. The van der Waals surface area contributed by atoms with E-state index < -0.39 is 10.8 Å². The number of ether oxygens (including phenoxy) is 2. The van der Waals surface area contributed by atoms with Crippen molar-refractivity contribution in [2.75, 3.05) is 24.3 Å². The number of nitrogens with one attached hydrogen (secondary N) is 2. The van der Waals surface area contributed by atoms with Crippen molar-refractivity contribution >= 4 is 23.0 Å². The predicted octanol–water partition coefficient (Wildman–Crippen LogP) is 3.61. The zero-order valence-corrected chi connectivity index (χ0v) is 15.4. The van der Waals surface area contributed by atoms with Crippen LogP contribution in [0.15, 0.2) is 30.3 Å². The molecule has 142 valence electrons. The first-order valence-electron chi connectivity index (χ1n) is 8.66. The first-order valence-corrected chi connectivity index (χ1v) is 8.66. The smallest absolute Gasteiger partial charge is 0.293 e. The Morgan fingerprint density at radius 1 is 1.33 bits per heavy atom. The number of nitrogens with zero attached hydrogens (tertiary/aromatic N) is 1. The molecule has 0 spiro atoms. The van der Waals surface area contributed by atoms with Crippen molar-refractivity contribution in [3.63, 3.8) is 0 Å². The maximum absolute atomic E-state index is 12.7. The lowest BCUT2D eigenvalue weighted by molar-refractivity contribution is -0.384. The Kier molecular flexibility index (Phi) is 5.16. The van der Waals surface area contributed by atoms with Gasteiger partial charge in [0.05, 0.1) is 17.2 Å². The fraction of sp³-hybridized carbons (Fsp3) is 0.316. The van der Waals surface area contributed by atoms with Gasteiger partial charge in [0.2, 0.25) is 0 Å².